The monoisotopic (exact) mass is 350 g/mol. The summed E-state index contributed by atoms with van der Waals surface area (Å²) in [6, 6.07) is 12.5. The molecule has 0 saturated carbocycles. The predicted octanol–water partition coefficient (Wildman–Crippen LogP) is 3.14. The third-order valence-corrected chi connectivity index (χ3v) is 3.47. The Hall–Kier alpha value is -1.76. The van der Waals surface area contributed by atoms with Crippen molar-refractivity contribution >= 4 is 21.6 Å². The molecule has 0 amide bonds. The minimum Gasteiger partial charge on any atom is -0.392 e. The van der Waals surface area contributed by atoms with Crippen molar-refractivity contribution in [1.82, 2.24) is 5.32 Å². The SMILES string of the molecule is O=[N+]([O-])c1cc(Br)cc(CNCc2ccc(CO)cc2)c1. The number of hydrogen-bond donors (Lipinski definition) is 2. The zero-order valence-electron chi connectivity index (χ0n) is 11.3. The molecule has 0 aromatic heterocycles. The Labute approximate surface area is 130 Å². The highest BCUT2D eigenvalue weighted by Gasteiger charge is 2.08. The number of nitro groups is 1. The van der Waals surface area contributed by atoms with E-state index in [9.17, 15) is 10.1 Å². The molecule has 0 heterocycles. The smallest absolute Gasteiger partial charge is 0.270 e. The van der Waals surface area contributed by atoms with Crippen molar-refractivity contribution in [3.05, 3.63) is 73.7 Å². The Balaban J connectivity index is 1.95. The zero-order valence-corrected chi connectivity index (χ0v) is 12.8. The lowest BCUT2D eigenvalue weighted by Crippen LogP contribution is -2.12. The van der Waals surface area contributed by atoms with Crippen LogP contribution in [0.15, 0.2) is 46.9 Å². The summed E-state index contributed by atoms with van der Waals surface area (Å²) in [5.74, 6) is 0. The number of nitrogens with one attached hydrogen (secondary N) is 1. The molecule has 0 fully saturated rings. The molecule has 0 atom stereocenters. The van der Waals surface area contributed by atoms with Gasteiger partial charge >= 0.3 is 0 Å². The average Bonchev–Trinajstić information content (AvgIpc) is 2.47. The Morgan fingerprint density at radius 1 is 1.05 bits per heavy atom. The molecule has 21 heavy (non-hydrogen) atoms. The van der Waals surface area contributed by atoms with Gasteiger partial charge in [0, 0.05) is 29.7 Å². The van der Waals surface area contributed by atoms with E-state index < -0.39 is 4.92 Å². The largest absolute Gasteiger partial charge is 0.392 e. The Morgan fingerprint density at radius 2 is 1.67 bits per heavy atom. The van der Waals surface area contributed by atoms with Gasteiger partial charge in [-0.1, -0.05) is 40.2 Å². The number of benzene rings is 2. The number of halogens is 1. The van der Waals surface area contributed by atoms with Gasteiger partial charge in [-0.05, 0) is 22.8 Å². The fraction of sp³-hybridized carbons (Fsp3) is 0.200. The van der Waals surface area contributed by atoms with E-state index in [4.69, 9.17) is 5.11 Å². The van der Waals surface area contributed by atoms with Gasteiger partial charge in [-0.15, -0.1) is 0 Å². The lowest BCUT2D eigenvalue weighted by molar-refractivity contribution is -0.385. The molecule has 0 unspecified atom stereocenters. The molecular weight excluding hydrogens is 336 g/mol. The van der Waals surface area contributed by atoms with E-state index in [1.807, 2.05) is 30.3 Å². The number of rotatable bonds is 6. The standard InChI is InChI=1S/C15H15BrN2O3/c16-14-5-13(6-15(7-14)18(20)21)9-17-8-11-1-3-12(10-19)4-2-11/h1-7,17,19H,8-10H2. The first kappa shape index (κ1) is 15.6. The average molecular weight is 351 g/mol. The second kappa shape index (κ2) is 7.31. The van der Waals surface area contributed by atoms with E-state index >= 15 is 0 Å². The molecule has 0 aliphatic carbocycles. The minimum absolute atomic E-state index is 0.0371. The molecule has 0 aliphatic heterocycles. The molecule has 2 N–H and O–H groups in total. The number of nitrogens with zero attached hydrogens (tertiary/aromatic N) is 1. The summed E-state index contributed by atoms with van der Waals surface area (Å²) in [7, 11) is 0. The Bertz CT molecular complexity index is 629. The van der Waals surface area contributed by atoms with E-state index in [-0.39, 0.29) is 12.3 Å². The summed E-state index contributed by atoms with van der Waals surface area (Å²) >= 11 is 3.28. The first-order valence-corrected chi connectivity index (χ1v) is 7.21. The van der Waals surface area contributed by atoms with Crippen LogP contribution in [-0.4, -0.2) is 10.0 Å². The highest BCUT2D eigenvalue weighted by molar-refractivity contribution is 9.10. The quantitative estimate of drug-likeness (QED) is 0.619. The molecule has 2 rings (SSSR count). The highest BCUT2D eigenvalue weighted by Crippen LogP contribution is 2.21. The molecule has 0 saturated heterocycles. The van der Waals surface area contributed by atoms with Crippen molar-refractivity contribution in [3.8, 4) is 0 Å². The van der Waals surface area contributed by atoms with E-state index in [0.717, 1.165) is 16.7 Å². The number of hydrogen-bond acceptors (Lipinski definition) is 4. The Kier molecular flexibility index (Phi) is 5.44. The zero-order chi connectivity index (χ0) is 15.2. The van der Waals surface area contributed by atoms with Crippen LogP contribution in [0.4, 0.5) is 5.69 Å². The van der Waals surface area contributed by atoms with Crippen LogP contribution in [0.5, 0.6) is 0 Å². The normalized spacial score (nSPS) is 10.6. The minimum atomic E-state index is -0.401. The molecular formula is C15H15BrN2O3. The first-order valence-electron chi connectivity index (χ1n) is 6.42. The van der Waals surface area contributed by atoms with Crippen LogP contribution in [0, 0.1) is 10.1 Å². The second-order valence-corrected chi connectivity index (χ2v) is 5.57. The van der Waals surface area contributed by atoms with Gasteiger partial charge in [0.1, 0.15) is 0 Å². The summed E-state index contributed by atoms with van der Waals surface area (Å²) in [5.41, 5.74) is 2.90. The van der Waals surface area contributed by atoms with Crippen LogP contribution < -0.4 is 5.32 Å². The molecule has 6 heteroatoms. The van der Waals surface area contributed by atoms with Crippen molar-refractivity contribution in [2.75, 3.05) is 0 Å². The number of nitro benzene ring substituents is 1. The summed E-state index contributed by atoms with van der Waals surface area (Å²) < 4.78 is 0.695. The topological polar surface area (TPSA) is 75.4 Å². The molecule has 0 aliphatic rings. The van der Waals surface area contributed by atoms with E-state index in [0.29, 0.717) is 17.6 Å². The summed E-state index contributed by atoms with van der Waals surface area (Å²) in [6.45, 7) is 1.24. The van der Waals surface area contributed by atoms with Gasteiger partial charge in [-0.25, -0.2) is 0 Å². The molecule has 110 valence electrons. The van der Waals surface area contributed by atoms with E-state index in [1.54, 1.807) is 6.07 Å². The van der Waals surface area contributed by atoms with Crippen molar-refractivity contribution in [3.63, 3.8) is 0 Å². The third kappa shape index (κ3) is 4.63. The van der Waals surface area contributed by atoms with Gasteiger partial charge in [0.15, 0.2) is 0 Å². The maximum atomic E-state index is 10.8. The van der Waals surface area contributed by atoms with Gasteiger partial charge in [0.25, 0.3) is 5.69 Å². The fourth-order valence-electron chi connectivity index (χ4n) is 1.95. The number of non-ortho nitro benzene ring substituents is 1. The maximum Gasteiger partial charge on any atom is 0.270 e. The van der Waals surface area contributed by atoms with Crippen molar-refractivity contribution in [2.24, 2.45) is 0 Å². The molecule has 0 radical (unpaired) electrons. The van der Waals surface area contributed by atoms with Crippen molar-refractivity contribution < 1.29 is 10.0 Å². The summed E-state index contributed by atoms with van der Waals surface area (Å²) in [5, 5.41) is 23.0. The Morgan fingerprint density at radius 3 is 2.29 bits per heavy atom. The number of aliphatic hydroxyl groups excluding tert-OH is 1. The van der Waals surface area contributed by atoms with Gasteiger partial charge in [0.05, 0.1) is 11.5 Å². The molecule has 0 bridgehead atoms. The van der Waals surface area contributed by atoms with Gasteiger partial charge in [0.2, 0.25) is 0 Å². The van der Waals surface area contributed by atoms with Crippen LogP contribution in [0.2, 0.25) is 0 Å². The predicted molar refractivity (Wildman–Crippen MR) is 83.7 cm³/mol. The molecule has 2 aromatic rings. The molecule has 0 spiro atoms. The van der Waals surface area contributed by atoms with Gasteiger partial charge in [-0.2, -0.15) is 0 Å². The lowest BCUT2D eigenvalue weighted by Gasteiger charge is -2.06. The van der Waals surface area contributed by atoms with Crippen LogP contribution in [0.3, 0.4) is 0 Å². The summed E-state index contributed by atoms with van der Waals surface area (Å²) in [6.07, 6.45) is 0. The summed E-state index contributed by atoms with van der Waals surface area (Å²) in [4.78, 5) is 10.4. The van der Waals surface area contributed by atoms with E-state index in [1.165, 1.54) is 6.07 Å². The fourth-order valence-corrected chi connectivity index (χ4v) is 2.48. The number of aliphatic hydroxyl groups is 1. The van der Waals surface area contributed by atoms with Gasteiger partial charge in [-0.3, -0.25) is 10.1 Å². The first-order chi connectivity index (χ1) is 10.1. The van der Waals surface area contributed by atoms with Crippen LogP contribution in [0.25, 0.3) is 0 Å². The molecule has 5 nitrogen and oxygen atoms in total. The maximum absolute atomic E-state index is 10.8. The third-order valence-electron chi connectivity index (χ3n) is 3.02. The highest BCUT2D eigenvalue weighted by atomic mass is 79.9. The van der Waals surface area contributed by atoms with Gasteiger partial charge < -0.3 is 10.4 Å². The van der Waals surface area contributed by atoms with E-state index in [2.05, 4.69) is 21.2 Å². The lowest BCUT2D eigenvalue weighted by atomic mass is 10.1. The van der Waals surface area contributed by atoms with Crippen LogP contribution in [-0.2, 0) is 19.7 Å². The van der Waals surface area contributed by atoms with Crippen molar-refractivity contribution in [1.29, 1.82) is 0 Å². The van der Waals surface area contributed by atoms with Crippen LogP contribution in [0.1, 0.15) is 16.7 Å². The van der Waals surface area contributed by atoms with Crippen LogP contribution >= 0.6 is 15.9 Å². The molecule has 2 aromatic carbocycles. The van der Waals surface area contributed by atoms with Crippen molar-refractivity contribution in [2.45, 2.75) is 19.7 Å². The second-order valence-electron chi connectivity index (χ2n) is 4.65.